The number of rotatable bonds is 4. The van der Waals surface area contributed by atoms with Gasteiger partial charge in [-0.3, -0.25) is 10.1 Å². The van der Waals surface area contributed by atoms with Gasteiger partial charge < -0.3 is 5.32 Å². The van der Waals surface area contributed by atoms with Crippen molar-refractivity contribution in [2.24, 2.45) is 0 Å². The molecular weight excluding hydrogens is 385 g/mol. The molecule has 1 aliphatic heterocycles. The Labute approximate surface area is 154 Å². The van der Waals surface area contributed by atoms with Crippen LogP contribution in [-0.4, -0.2) is 37.3 Å². The van der Waals surface area contributed by atoms with Gasteiger partial charge >= 0.3 is 5.69 Å². The molecule has 0 spiro atoms. The number of para-hydroxylation sites is 1. The average molecular weight is 400 g/mol. The maximum absolute atomic E-state index is 13.9. The Bertz CT molecular complexity index is 954. The molecule has 1 N–H and O–H groups in total. The van der Waals surface area contributed by atoms with Crippen LogP contribution < -0.4 is 5.32 Å². The number of nitrogens with one attached hydrogen (secondary N) is 1. The van der Waals surface area contributed by atoms with E-state index in [-0.39, 0.29) is 6.54 Å². The van der Waals surface area contributed by atoms with Crippen molar-refractivity contribution in [3.8, 4) is 0 Å². The number of piperazine rings is 1. The average Bonchev–Trinajstić information content (AvgIpc) is 2.61. The maximum atomic E-state index is 13.9. The molecule has 10 heteroatoms. The van der Waals surface area contributed by atoms with Crippen molar-refractivity contribution in [1.29, 1.82) is 0 Å². The highest BCUT2D eigenvalue weighted by Crippen LogP contribution is 2.34. The zero-order valence-electron chi connectivity index (χ0n) is 13.4. The van der Waals surface area contributed by atoms with Crippen LogP contribution in [0.2, 0.25) is 5.02 Å². The Balaban J connectivity index is 2.11. The minimum absolute atomic E-state index is 0.0905. The maximum Gasteiger partial charge on any atom is 0.324 e. The lowest BCUT2D eigenvalue weighted by molar-refractivity contribution is -0.390. The van der Waals surface area contributed by atoms with E-state index in [0.29, 0.717) is 23.7 Å². The number of hydrogen-bond donors (Lipinski definition) is 1. The standard InChI is InChI=1S/C16H15ClFN3O4S/c17-12-4-1-3-11(9-12)14-10-19-7-8-20(14)26(24,25)15-6-2-5-13(18)16(15)21(22)23/h1-6,9,14,19H,7-8,10H2. The summed E-state index contributed by atoms with van der Waals surface area (Å²) < 4.78 is 41.3. The van der Waals surface area contributed by atoms with Gasteiger partial charge in [-0.15, -0.1) is 0 Å². The summed E-state index contributed by atoms with van der Waals surface area (Å²) in [6, 6.07) is 9.17. The first-order valence-electron chi connectivity index (χ1n) is 7.73. The summed E-state index contributed by atoms with van der Waals surface area (Å²) in [6.07, 6.45) is 0. The van der Waals surface area contributed by atoms with Crippen LogP contribution in [0.4, 0.5) is 10.1 Å². The Morgan fingerprint density at radius 1 is 1.27 bits per heavy atom. The van der Waals surface area contributed by atoms with Gasteiger partial charge in [0.1, 0.15) is 0 Å². The van der Waals surface area contributed by atoms with E-state index in [1.807, 2.05) is 0 Å². The first kappa shape index (κ1) is 18.7. The van der Waals surface area contributed by atoms with Crippen LogP contribution in [0, 0.1) is 15.9 Å². The van der Waals surface area contributed by atoms with E-state index in [9.17, 15) is 22.9 Å². The topological polar surface area (TPSA) is 92.5 Å². The fraction of sp³-hybridized carbons (Fsp3) is 0.250. The lowest BCUT2D eigenvalue weighted by Gasteiger charge is -2.35. The summed E-state index contributed by atoms with van der Waals surface area (Å²) >= 11 is 6.00. The summed E-state index contributed by atoms with van der Waals surface area (Å²) in [4.78, 5) is 9.55. The molecule has 0 aliphatic carbocycles. The molecule has 0 radical (unpaired) electrons. The molecule has 2 aromatic carbocycles. The highest BCUT2D eigenvalue weighted by molar-refractivity contribution is 7.89. The number of nitrogens with zero attached hydrogens (tertiary/aromatic N) is 2. The number of hydrogen-bond acceptors (Lipinski definition) is 5. The van der Waals surface area contributed by atoms with Gasteiger partial charge in [0.15, 0.2) is 4.90 Å². The number of nitro groups is 1. The lowest BCUT2D eigenvalue weighted by atomic mass is 10.1. The van der Waals surface area contributed by atoms with Gasteiger partial charge in [0.25, 0.3) is 10.0 Å². The molecule has 26 heavy (non-hydrogen) atoms. The van der Waals surface area contributed by atoms with E-state index in [0.717, 1.165) is 22.5 Å². The molecule has 1 fully saturated rings. The molecule has 0 bridgehead atoms. The van der Waals surface area contributed by atoms with Crippen LogP contribution in [0.25, 0.3) is 0 Å². The van der Waals surface area contributed by atoms with Gasteiger partial charge in [-0.25, -0.2) is 8.42 Å². The van der Waals surface area contributed by atoms with Crippen molar-refractivity contribution < 1.29 is 17.7 Å². The molecule has 0 amide bonds. The Morgan fingerprint density at radius 2 is 2.00 bits per heavy atom. The van der Waals surface area contributed by atoms with Crippen LogP contribution in [0.5, 0.6) is 0 Å². The predicted octanol–water partition coefficient (Wildman–Crippen LogP) is 2.72. The molecule has 0 aromatic heterocycles. The summed E-state index contributed by atoms with van der Waals surface area (Å²) in [5.41, 5.74) is -0.400. The first-order valence-corrected chi connectivity index (χ1v) is 9.55. The molecule has 0 saturated carbocycles. The number of benzene rings is 2. The van der Waals surface area contributed by atoms with Gasteiger partial charge in [-0.05, 0) is 29.8 Å². The van der Waals surface area contributed by atoms with Gasteiger partial charge in [0.05, 0.1) is 11.0 Å². The van der Waals surface area contributed by atoms with Crippen LogP contribution in [0.15, 0.2) is 47.4 Å². The van der Waals surface area contributed by atoms with Gasteiger partial charge in [0.2, 0.25) is 5.82 Å². The van der Waals surface area contributed by atoms with Crippen molar-refractivity contribution in [3.63, 3.8) is 0 Å². The second-order valence-corrected chi connectivity index (χ2v) is 8.03. The summed E-state index contributed by atoms with van der Waals surface area (Å²) in [7, 11) is -4.30. The van der Waals surface area contributed by atoms with E-state index < -0.39 is 37.4 Å². The Hall–Kier alpha value is -2.07. The molecule has 2 aromatic rings. The van der Waals surface area contributed by atoms with Gasteiger partial charge in [0, 0.05) is 24.7 Å². The van der Waals surface area contributed by atoms with Crippen molar-refractivity contribution in [2.45, 2.75) is 10.9 Å². The molecule has 1 saturated heterocycles. The van der Waals surface area contributed by atoms with Crippen molar-refractivity contribution in [1.82, 2.24) is 9.62 Å². The van der Waals surface area contributed by atoms with Gasteiger partial charge in [-0.2, -0.15) is 8.70 Å². The van der Waals surface area contributed by atoms with E-state index in [1.54, 1.807) is 24.3 Å². The first-order chi connectivity index (χ1) is 12.3. The van der Waals surface area contributed by atoms with Crippen LogP contribution in [0.1, 0.15) is 11.6 Å². The summed E-state index contributed by atoms with van der Waals surface area (Å²) in [6.45, 7) is 0.773. The third kappa shape index (κ3) is 3.43. The fourth-order valence-corrected chi connectivity index (χ4v) is 4.96. The Morgan fingerprint density at radius 3 is 2.69 bits per heavy atom. The highest BCUT2D eigenvalue weighted by Gasteiger charge is 2.39. The molecule has 7 nitrogen and oxygen atoms in total. The van der Waals surface area contributed by atoms with E-state index >= 15 is 0 Å². The molecule has 1 heterocycles. The largest absolute Gasteiger partial charge is 0.324 e. The second kappa shape index (κ2) is 7.28. The Kier molecular flexibility index (Phi) is 5.24. The lowest BCUT2D eigenvalue weighted by Crippen LogP contribution is -2.48. The third-order valence-corrected chi connectivity index (χ3v) is 6.32. The molecule has 1 atom stereocenters. The number of nitro benzene ring substituents is 1. The summed E-state index contributed by atoms with van der Waals surface area (Å²) in [5, 5.41) is 14.8. The van der Waals surface area contributed by atoms with E-state index in [1.165, 1.54) is 0 Å². The molecular formula is C16H15ClFN3O4S. The SMILES string of the molecule is O=[N+]([O-])c1c(F)cccc1S(=O)(=O)N1CCNCC1c1cccc(Cl)c1. The molecule has 3 rings (SSSR count). The highest BCUT2D eigenvalue weighted by atomic mass is 35.5. The molecule has 1 unspecified atom stereocenters. The van der Waals surface area contributed by atoms with E-state index in [4.69, 9.17) is 11.6 Å². The van der Waals surface area contributed by atoms with Gasteiger partial charge in [-0.1, -0.05) is 29.8 Å². The zero-order valence-corrected chi connectivity index (χ0v) is 15.0. The normalized spacial score (nSPS) is 18.6. The second-order valence-electron chi connectivity index (χ2n) is 5.73. The smallest absolute Gasteiger partial charge is 0.313 e. The van der Waals surface area contributed by atoms with E-state index in [2.05, 4.69) is 5.32 Å². The number of halogens is 2. The molecule has 138 valence electrons. The summed E-state index contributed by atoms with van der Waals surface area (Å²) in [5.74, 6) is -1.19. The van der Waals surface area contributed by atoms with Crippen LogP contribution in [0.3, 0.4) is 0 Å². The van der Waals surface area contributed by atoms with Crippen molar-refractivity contribution >= 4 is 27.3 Å². The molecule has 1 aliphatic rings. The fourth-order valence-electron chi connectivity index (χ4n) is 2.98. The predicted molar refractivity (Wildman–Crippen MR) is 94.0 cm³/mol. The quantitative estimate of drug-likeness (QED) is 0.630. The van der Waals surface area contributed by atoms with Crippen LogP contribution >= 0.6 is 11.6 Å². The monoisotopic (exact) mass is 399 g/mol. The van der Waals surface area contributed by atoms with Crippen molar-refractivity contribution in [3.05, 3.63) is 69.0 Å². The van der Waals surface area contributed by atoms with Crippen LogP contribution in [-0.2, 0) is 10.0 Å². The zero-order chi connectivity index (χ0) is 18.9. The third-order valence-electron chi connectivity index (χ3n) is 4.15. The minimum atomic E-state index is -4.30. The van der Waals surface area contributed by atoms with Crippen molar-refractivity contribution in [2.75, 3.05) is 19.6 Å². The minimum Gasteiger partial charge on any atom is -0.313 e. The number of sulfonamides is 1.